The Morgan fingerprint density at radius 3 is 2.54 bits per heavy atom. The Bertz CT molecular complexity index is 733. The number of nitrogens with two attached hydrogens (primary N) is 1. The van der Waals surface area contributed by atoms with Crippen LogP contribution in [0, 0.1) is 5.41 Å². The summed E-state index contributed by atoms with van der Waals surface area (Å²) in [6.45, 7) is 2.40. The van der Waals surface area contributed by atoms with Gasteiger partial charge in [0.1, 0.15) is 10.6 Å². The van der Waals surface area contributed by atoms with Gasteiger partial charge in [0.15, 0.2) is 6.61 Å². The van der Waals surface area contributed by atoms with Gasteiger partial charge in [-0.1, -0.05) is 11.6 Å². The second kappa shape index (κ2) is 7.82. The number of hydrogen-bond donors (Lipinski definition) is 3. The number of rotatable bonds is 9. The second-order valence-electron chi connectivity index (χ2n) is 5.68. The number of ether oxygens (including phenoxy) is 1. The number of carbonyl (C=O) groups is 2. The molecule has 4 N–H and O–H groups in total. The van der Waals surface area contributed by atoms with Crippen LogP contribution >= 0.6 is 11.6 Å². The molecule has 0 aromatic heterocycles. The number of benzene rings is 1. The number of amides is 1. The number of hydrogen-bond acceptors (Lipinski definition) is 5. The maximum absolute atomic E-state index is 12.4. The van der Waals surface area contributed by atoms with Gasteiger partial charge in [0, 0.05) is 11.6 Å². The number of nitrogens with one attached hydrogen (secondary N) is 1. The molecule has 0 atom stereocenters. The van der Waals surface area contributed by atoms with Gasteiger partial charge >= 0.3 is 5.97 Å². The third-order valence-corrected chi connectivity index (χ3v) is 4.90. The van der Waals surface area contributed by atoms with Crippen LogP contribution in [0.5, 0.6) is 5.75 Å². The monoisotopic (exact) mass is 378 g/mol. The largest absolute Gasteiger partial charge is 0.482 e. The quantitative estimate of drug-likeness (QED) is 0.586. The highest BCUT2D eigenvalue weighted by atomic mass is 35.5. The van der Waals surface area contributed by atoms with Crippen LogP contribution in [0.1, 0.15) is 20.3 Å². The Balaban J connectivity index is 2.95. The van der Waals surface area contributed by atoms with E-state index in [0.29, 0.717) is 0 Å². The minimum Gasteiger partial charge on any atom is -0.482 e. The molecule has 0 aliphatic rings. The standard InChI is InChI=1S/C14H19ClN2O6S/c1-14(2,13(19)20)5-6-17-24(21,22)11-7-9(15)3-4-10(11)23-8-12(16)18/h3-4,7,17H,5-6,8H2,1-2H3,(H2,16,18)(H,19,20). The van der Waals surface area contributed by atoms with E-state index in [0.717, 1.165) is 0 Å². The molecule has 1 amide bonds. The maximum atomic E-state index is 12.4. The first-order valence-corrected chi connectivity index (χ1v) is 8.75. The van der Waals surface area contributed by atoms with Crippen LogP contribution in [0.25, 0.3) is 0 Å². The molecule has 134 valence electrons. The molecule has 0 heterocycles. The molecule has 0 bridgehead atoms. The summed E-state index contributed by atoms with van der Waals surface area (Å²) in [6, 6.07) is 3.88. The van der Waals surface area contributed by atoms with Gasteiger partial charge in [-0.25, -0.2) is 13.1 Å². The number of carbonyl (C=O) groups excluding carboxylic acids is 1. The van der Waals surface area contributed by atoms with Crippen LogP contribution in [0.2, 0.25) is 5.02 Å². The van der Waals surface area contributed by atoms with Crippen molar-refractivity contribution in [2.75, 3.05) is 13.2 Å². The molecule has 0 radical (unpaired) electrons. The number of aliphatic carboxylic acids is 1. The zero-order valence-electron chi connectivity index (χ0n) is 13.2. The topological polar surface area (TPSA) is 136 Å². The van der Waals surface area contributed by atoms with Gasteiger partial charge in [-0.15, -0.1) is 0 Å². The van der Waals surface area contributed by atoms with Crippen molar-refractivity contribution in [1.29, 1.82) is 0 Å². The molecule has 0 unspecified atom stereocenters. The lowest BCUT2D eigenvalue weighted by atomic mass is 9.90. The average molecular weight is 379 g/mol. The second-order valence-corrected chi connectivity index (χ2v) is 7.85. The Morgan fingerprint density at radius 2 is 2.00 bits per heavy atom. The Hall–Kier alpha value is -1.84. The van der Waals surface area contributed by atoms with Crippen molar-refractivity contribution in [2.45, 2.75) is 25.2 Å². The minimum atomic E-state index is -4.01. The fourth-order valence-corrected chi connectivity index (χ4v) is 3.08. The number of carboxylic acids is 1. The molecule has 8 nitrogen and oxygen atoms in total. The molecule has 0 aliphatic heterocycles. The van der Waals surface area contributed by atoms with E-state index in [-0.39, 0.29) is 28.6 Å². The van der Waals surface area contributed by atoms with Crippen LogP contribution in [-0.2, 0) is 19.6 Å². The fourth-order valence-electron chi connectivity index (χ4n) is 1.64. The lowest BCUT2D eigenvalue weighted by molar-refractivity contribution is -0.147. The van der Waals surface area contributed by atoms with E-state index in [9.17, 15) is 18.0 Å². The van der Waals surface area contributed by atoms with E-state index in [1.165, 1.54) is 32.0 Å². The van der Waals surface area contributed by atoms with E-state index >= 15 is 0 Å². The molecular weight excluding hydrogens is 360 g/mol. The lowest BCUT2D eigenvalue weighted by Gasteiger charge is -2.19. The van der Waals surface area contributed by atoms with E-state index in [2.05, 4.69) is 4.72 Å². The number of primary amides is 1. The zero-order chi connectivity index (χ0) is 18.5. The van der Waals surface area contributed by atoms with Crippen molar-refractivity contribution in [3.05, 3.63) is 23.2 Å². The highest BCUT2D eigenvalue weighted by Gasteiger charge is 2.28. The van der Waals surface area contributed by atoms with Gasteiger partial charge in [-0.05, 0) is 38.5 Å². The van der Waals surface area contributed by atoms with Crippen LogP contribution in [0.15, 0.2) is 23.1 Å². The van der Waals surface area contributed by atoms with Gasteiger partial charge < -0.3 is 15.6 Å². The van der Waals surface area contributed by atoms with Crippen LogP contribution < -0.4 is 15.2 Å². The normalized spacial score (nSPS) is 12.0. The molecule has 0 saturated carbocycles. The molecular formula is C14H19ClN2O6S. The van der Waals surface area contributed by atoms with Crippen LogP contribution in [-0.4, -0.2) is 38.6 Å². The maximum Gasteiger partial charge on any atom is 0.309 e. The van der Waals surface area contributed by atoms with Gasteiger partial charge in [-0.3, -0.25) is 9.59 Å². The summed E-state index contributed by atoms with van der Waals surface area (Å²) in [5.74, 6) is -1.87. The van der Waals surface area contributed by atoms with Crippen molar-refractivity contribution < 1.29 is 27.9 Å². The first-order valence-electron chi connectivity index (χ1n) is 6.89. The van der Waals surface area contributed by atoms with Gasteiger partial charge in [-0.2, -0.15) is 0 Å². The lowest BCUT2D eigenvalue weighted by Crippen LogP contribution is -2.32. The molecule has 24 heavy (non-hydrogen) atoms. The van der Waals surface area contributed by atoms with Gasteiger partial charge in [0.2, 0.25) is 10.0 Å². The number of halogens is 1. The Labute approximate surface area is 145 Å². The number of sulfonamides is 1. The van der Waals surface area contributed by atoms with Crippen LogP contribution in [0.4, 0.5) is 0 Å². The zero-order valence-corrected chi connectivity index (χ0v) is 14.8. The third-order valence-electron chi connectivity index (χ3n) is 3.19. The average Bonchev–Trinajstić information content (AvgIpc) is 2.45. The first kappa shape index (κ1) is 20.2. The molecule has 10 heteroatoms. The van der Waals surface area contributed by atoms with Crippen molar-refractivity contribution in [3.8, 4) is 5.75 Å². The molecule has 0 fully saturated rings. The Morgan fingerprint density at radius 1 is 1.38 bits per heavy atom. The van der Waals surface area contributed by atoms with Gasteiger partial charge in [0.05, 0.1) is 5.41 Å². The number of carboxylic acid groups (broad SMARTS) is 1. The van der Waals surface area contributed by atoms with Crippen molar-refractivity contribution in [2.24, 2.45) is 11.1 Å². The fraction of sp³-hybridized carbons (Fsp3) is 0.429. The predicted molar refractivity (Wildman–Crippen MR) is 87.4 cm³/mol. The summed E-state index contributed by atoms with van der Waals surface area (Å²) in [5, 5.41) is 9.19. The summed E-state index contributed by atoms with van der Waals surface area (Å²) >= 11 is 5.82. The van der Waals surface area contributed by atoms with E-state index in [4.69, 9.17) is 27.2 Å². The van der Waals surface area contributed by atoms with Crippen LogP contribution in [0.3, 0.4) is 0 Å². The minimum absolute atomic E-state index is 0.0804. The summed E-state index contributed by atoms with van der Waals surface area (Å²) in [4.78, 5) is 21.6. The molecule has 1 aromatic carbocycles. The van der Waals surface area contributed by atoms with E-state index in [1.807, 2.05) is 0 Å². The summed E-state index contributed by atoms with van der Waals surface area (Å²) in [7, 11) is -4.01. The molecule has 0 spiro atoms. The van der Waals surface area contributed by atoms with Crippen molar-refractivity contribution in [1.82, 2.24) is 4.72 Å². The van der Waals surface area contributed by atoms with Crippen molar-refractivity contribution in [3.63, 3.8) is 0 Å². The smallest absolute Gasteiger partial charge is 0.309 e. The molecule has 1 rings (SSSR count). The summed E-state index contributed by atoms with van der Waals surface area (Å²) in [5.41, 5.74) is 3.89. The highest BCUT2D eigenvalue weighted by molar-refractivity contribution is 7.89. The third kappa shape index (κ3) is 5.66. The summed E-state index contributed by atoms with van der Waals surface area (Å²) < 4.78 is 32.2. The SMILES string of the molecule is CC(C)(CCNS(=O)(=O)c1cc(Cl)ccc1OCC(N)=O)C(=O)O. The van der Waals surface area contributed by atoms with Gasteiger partial charge in [0.25, 0.3) is 5.91 Å². The first-order chi connectivity index (χ1) is 11.0. The summed E-state index contributed by atoms with van der Waals surface area (Å²) in [6.07, 6.45) is 0.0829. The predicted octanol–water partition coefficient (Wildman–Crippen LogP) is 0.983. The molecule has 0 aliphatic carbocycles. The highest BCUT2D eigenvalue weighted by Crippen LogP contribution is 2.27. The molecule has 1 aromatic rings. The van der Waals surface area contributed by atoms with E-state index < -0.39 is 33.9 Å². The van der Waals surface area contributed by atoms with E-state index in [1.54, 1.807) is 0 Å². The molecule has 0 saturated heterocycles. The van der Waals surface area contributed by atoms with Crippen molar-refractivity contribution >= 4 is 33.5 Å². The Kier molecular flexibility index (Phi) is 6.58.